The first-order chi connectivity index (χ1) is 3.35. The van der Waals surface area contributed by atoms with Crippen molar-refractivity contribution in [3.8, 4) is 0 Å². The van der Waals surface area contributed by atoms with E-state index in [-0.39, 0.29) is 12.7 Å². The zero-order chi connectivity index (χ0) is 5.70. The van der Waals surface area contributed by atoms with Crippen molar-refractivity contribution >= 4 is 12.6 Å². The second kappa shape index (κ2) is 4.43. The highest BCUT2D eigenvalue weighted by Crippen LogP contribution is 1.88. The largest absolute Gasteiger partial charge is 0.394 e. The fraction of sp³-hybridized carbons (Fsp3) is 1.00. The number of hydrogen-bond donors (Lipinski definition) is 2. The molecule has 0 heterocycles. The van der Waals surface area contributed by atoms with Crippen molar-refractivity contribution in [1.29, 1.82) is 0 Å². The summed E-state index contributed by atoms with van der Waals surface area (Å²) >= 11 is 3.89. The SMILES string of the molecule is COC(CO)CS. The molecule has 0 rings (SSSR count). The molecule has 1 N–H and O–H groups in total. The van der Waals surface area contributed by atoms with Gasteiger partial charge in [-0.2, -0.15) is 12.6 Å². The Balaban J connectivity index is 2.99. The molecule has 0 bridgehead atoms. The minimum absolute atomic E-state index is 0.0556. The molecule has 0 spiro atoms. The van der Waals surface area contributed by atoms with E-state index in [2.05, 4.69) is 12.6 Å². The molecule has 0 saturated heterocycles. The normalized spacial score (nSPS) is 14.1. The summed E-state index contributed by atoms with van der Waals surface area (Å²) in [6, 6.07) is 0. The van der Waals surface area contributed by atoms with Crippen LogP contribution in [0.25, 0.3) is 0 Å². The second-order valence-electron chi connectivity index (χ2n) is 1.22. The van der Waals surface area contributed by atoms with E-state index in [4.69, 9.17) is 9.84 Å². The van der Waals surface area contributed by atoms with Gasteiger partial charge in [0.25, 0.3) is 0 Å². The van der Waals surface area contributed by atoms with E-state index in [0.29, 0.717) is 5.75 Å². The molecule has 44 valence electrons. The molecule has 2 nitrogen and oxygen atoms in total. The van der Waals surface area contributed by atoms with E-state index in [1.54, 1.807) is 7.11 Å². The Bertz CT molecular complexity index is 31.2. The zero-order valence-electron chi connectivity index (χ0n) is 4.29. The van der Waals surface area contributed by atoms with Crippen LogP contribution in [-0.2, 0) is 4.74 Å². The Labute approximate surface area is 48.9 Å². The van der Waals surface area contributed by atoms with Crippen molar-refractivity contribution in [2.45, 2.75) is 6.10 Å². The fourth-order valence-electron chi connectivity index (χ4n) is 0.207. The van der Waals surface area contributed by atoms with Crippen LogP contribution in [0.2, 0.25) is 0 Å². The summed E-state index contributed by atoms with van der Waals surface area (Å²) in [5.74, 6) is 0.576. The van der Waals surface area contributed by atoms with Crippen LogP contribution in [0.4, 0.5) is 0 Å². The standard InChI is InChI=1S/C4H10O2S/c1-6-4(2-5)3-7/h4-5,7H,2-3H2,1H3. The van der Waals surface area contributed by atoms with E-state index in [1.165, 1.54) is 0 Å². The lowest BCUT2D eigenvalue weighted by molar-refractivity contribution is 0.0659. The first kappa shape index (κ1) is 7.27. The third-order valence-corrected chi connectivity index (χ3v) is 1.15. The van der Waals surface area contributed by atoms with Gasteiger partial charge in [-0.1, -0.05) is 0 Å². The summed E-state index contributed by atoms with van der Waals surface area (Å²) in [7, 11) is 1.55. The molecule has 0 aliphatic carbocycles. The van der Waals surface area contributed by atoms with E-state index in [9.17, 15) is 0 Å². The van der Waals surface area contributed by atoms with Crippen LogP contribution in [0.3, 0.4) is 0 Å². The topological polar surface area (TPSA) is 29.5 Å². The van der Waals surface area contributed by atoms with Crippen LogP contribution in [0.5, 0.6) is 0 Å². The van der Waals surface area contributed by atoms with Crippen LogP contribution >= 0.6 is 12.6 Å². The average Bonchev–Trinajstić information content (AvgIpc) is 1.72. The van der Waals surface area contributed by atoms with Crippen molar-refractivity contribution < 1.29 is 9.84 Å². The summed E-state index contributed by atoms with van der Waals surface area (Å²) in [6.45, 7) is 0.0556. The van der Waals surface area contributed by atoms with Gasteiger partial charge in [0.2, 0.25) is 0 Å². The lowest BCUT2D eigenvalue weighted by atomic mass is 10.4. The van der Waals surface area contributed by atoms with E-state index < -0.39 is 0 Å². The lowest BCUT2D eigenvalue weighted by Gasteiger charge is -2.05. The third-order valence-electron chi connectivity index (χ3n) is 0.741. The number of aliphatic hydroxyl groups is 1. The summed E-state index contributed by atoms with van der Waals surface area (Å²) < 4.78 is 4.72. The Morgan fingerprint density at radius 2 is 2.43 bits per heavy atom. The molecule has 0 amide bonds. The first-order valence-corrected chi connectivity index (χ1v) is 2.73. The number of ether oxygens (including phenoxy) is 1. The third kappa shape index (κ3) is 2.91. The Kier molecular flexibility index (Phi) is 4.60. The van der Waals surface area contributed by atoms with Crippen LogP contribution in [0, 0.1) is 0 Å². The van der Waals surface area contributed by atoms with E-state index in [0.717, 1.165) is 0 Å². The summed E-state index contributed by atoms with van der Waals surface area (Å²) in [4.78, 5) is 0. The van der Waals surface area contributed by atoms with Gasteiger partial charge in [0.1, 0.15) is 0 Å². The van der Waals surface area contributed by atoms with Crippen molar-refractivity contribution in [3.05, 3.63) is 0 Å². The van der Waals surface area contributed by atoms with Gasteiger partial charge in [-0.05, 0) is 0 Å². The predicted octanol–water partition coefficient (Wildman–Crippen LogP) is -0.0765. The number of hydrogen-bond acceptors (Lipinski definition) is 3. The van der Waals surface area contributed by atoms with Gasteiger partial charge >= 0.3 is 0 Å². The quantitative estimate of drug-likeness (QED) is 0.513. The van der Waals surface area contributed by atoms with Gasteiger partial charge in [-0.3, -0.25) is 0 Å². The van der Waals surface area contributed by atoms with Crippen LogP contribution in [-0.4, -0.2) is 30.7 Å². The monoisotopic (exact) mass is 122 g/mol. The Hall–Kier alpha value is 0.270. The number of thiol groups is 1. The predicted molar refractivity (Wildman–Crippen MR) is 31.7 cm³/mol. The molecule has 3 heteroatoms. The molecule has 0 aromatic heterocycles. The highest BCUT2D eigenvalue weighted by molar-refractivity contribution is 7.80. The Morgan fingerprint density at radius 1 is 1.86 bits per heavy atom. The highest BCUT2D eigenvalue weighted by Gasteiger charge is 1.98. The van der Waals surface area contributed by atoms with E-state index >= 15 is 0 Å². The summed E-state index contributed by atoms with van der Waals surface area (Å²) in [5.41, 5.74) is 0. The maximum atomic E-state index is 8.35. The molecular formula is C4H10O2S. The van der Waals surface area contributed by atoms with Crippen molar-refractivity contribution in [2.75, 3.05) is 19.5 Å². The van der Waals surface area contributed by atoms with Crippen molar-refractivity contribution in [3.63, 3.8) is 0 Å². The molecule has 0 saturated carbocycles. The average molecular weight is 122 g/mol. The number of aliphatic hydroxyl groups excluding tert-OH is 1. The van der Waals surface area contributed by atoms with Gasteiger partial charge < -0.3 is 9.84 Å². The molecular weight excluding hydrogens is 112 g/mol. The molecule has 1 atom stereocenters. The minimum atomic E-state index is -0.0941. The van der Waals surface area contributed by atoms with Gasteiger partial charge in [0.05, 0.1) is 12.7 Å². The van der Waals surface area contributed by atoms with Gasteiger partial charge in [-0.25, -0.2) is 0 Å². The molecule has 0 aliphatic heterocycles. The molecule has 0 fully saturated rings. The summed E-state index contributed by atoms with van der Waals surface area (Å²) in [5, 5.41) is 8.35. The molecule has 0 aromatic carbocycles. The van der Waals surface area contributed by atoms with E-state index in [1.807, 2.05) is 0 Å². The fourth-order valence-corrected chi connectivity index (χ4v) is 0.471. The smallest absolute Gasteiger partial charge is 0.0889 e. The second-order valence-corrected chi connectivity index (χ2v) is 1.59. The molecule has 0 aromatic rings. The lowest BCUT2D eigenvalue weighted by Crippen LogP contribution is -2.16. The Morgan fingerprint density at radius 3 is 2.43 bits per heavy atom. The van der Waals surface area contributed by atoms with Crippen molar-refractivity contribution in [1.82, 2.24) is 0 Å². The minimum Gasteiger partial charge on any atom is -0.394 e. The van der Waals surface area contributed by atoms with Gasteiger partial charge in [-0.15, -0.1) is 0 Å². The maximum absolute atomic E-state index is 8.35. The van der Waals surface area contributed by atoms with Gasteiger partial charge in [0.15, 0.2) is 0 Å². The highest BCUT2D eigenvalue weighted by atomic mass is 32.1. The van der Waals surface area contributed by atoms with Crippen LogP contribution < -0.4 is 0 Å². The molecule has 0 aliphatic rings. The summed E-state index contributed by atoms with van der Waals surface area (Å²) in [6.07, 6.45) is -0.0941. The first-order valence-electron chi connectivity index (χ1n) is 2.09. The van der Waals surface area contributed by atoms with Crippen LogP contribution in [0.15, 0.2) is 0 Å². The molecule has 1 unspecified atom stereocenters. The molecule has 0 radical (unpaired) electrons. The number of methoxy groups -OCH3 is 1. The number of rotatable bonds is 3. The maximum Gasteiger partial charge on any atom is 0.0889 e. The van der Waals surface area contributed by atoms with Gasteiger partial charge in [0, 0.05) is 12.9 Å². The zero-order valence-corrected chi connectivity index (χ0v) is 5.19. The molecule has 7 heavy (non-hydrogen) atoms. The van der Waals surface area contributed by atoms with Crippen molar-refractivity contribution in [2.24, 2.45) is 0 Å². The van der Waals surface area contributed by atoms with Crippen LogP contribution in [0.1, 0.15) is 0 Å².